The topological polar surface area (TPSA) is 49.8 Å². The van der Waals surface area contributed by atoms with Crippen molar-refractivity contribution < 1.29 is 14.6 Å². The Kier molecular flexibility index (Phi) is 6.65. The highest BCUT2D eigenvalue weighted by molar-refractivity contribution is 6.32. The molecule has 1 aliphatic carbocycles. The fraction of sp³-hybridized carbons (Fsp3) is 0.552. The highest BCUT2D eigenvalue weighted by Crippen LogP contribution is 2.45. The van der Waals surface area contributed by atoms with Crippen molar-refractivity contribution in [3.05, 3.63) is 50.0 Å². The van der Waals surface area contributed by atoms with Crippen molar-refractivity contribution in [2.45, 2.75) is 91.1 Å². The van der Waals surface area contributed by atoms with E-state index in [0.717, 1.165) is 60.4 Å². The Hall–Kier alpha value is -2.04. The second-order valence-electron chi connectivity index (χ2n) is 10.4. The lowest BCUT2D eigenvalue weighted by Gasteiger charge is -2.39. The number of rotatable bonds is 4. The van der Waals surface area contributed by atoms with Crippen LogP contribution in [0.15, 0.2) is 6.07 Å². The second kappa shape index (κ2) is 9.54. The highest BCUT2D eigenvalue weighted by atomic mass is 35.5. The average molecular weight is 482 g/mol. The number of carbonyl (C=O) groups is 1. The van der Waals surface area contributed by atoms with E-state index < -0.39 is 5.97 Å². The number of benzene rings is 2. The lowest BCUT2D eigenvalue weighted by molar-refractivity contribution is -0.136. The number of aliphatic carboxylic acids is 1. The Labute approximate surface area is 208 Å². The molecule has 0 saturated heterocycles. The molecular formula is C29H36ClNO3. The molecule has 0 unspecified atom stereocenters. The zero-order chi connectivity index (χ0) is 24.0. The molecule has 0 spiro atoms. The Morgan fingerprint density at radius 2 is 1.79 bits per heavy atom. The van der Waals surface area contributed by atoms with Gasteiger partial charge in [0.1, 0.15) is 5.75 Å². The van der Waals surface area contributed by atoms with Crippen LogP contribution in [0.25, 0.3) is 11.1 Å². The van der Waals surface area contributed by atoms with E-state index in [4.69, 9.17) is 16.3 Å². The Morgan fingerprint density at radius 1 is 1.03 bits per heavy atom. The molecule has 0 radical (unpaired) electrons. The Balaban J connectivity index is 1.67. The first-order valence-electron chi connectivity index (χ1n) is 12.9. The Bertz CT molecular complexity index is 1130. The molecule has 5 heteroatoms. The maximum atomic E-state index is 12.0. The second-order valence-corrected chi connectivity index (χ2v) is 10.8. The first kappa shape index (κ1) is 23.7. The first-order valence-corrected chi connectivity index (χ1v) is 13.3. The number of fused-ring (bicyclic) bond motifs is 2. The zero-order valence-corrected chi connectivity index (χ0v) is 21.5. The molecule has 1 N–H and O–H groups in total. The SMILES string of the molecule is Cc1c(-c2c(C)c3c(c(C)c2CC(=O)O)CCN(C2CCCCC2)C3)cc(Cl)c2c1CCCO2. The van der Waals surface area contributed by atoms with Crippen molar-refractivity contribution in [2.75, 3.05) is 13.2 Å². The minimum atomic E-state index is -0.784. The Morgan fingerprint density at radius 3 is 2.53 bits per heavy atom. The number of hydrogen-bond acceptors (Lipinski definition) is 3. The number of carboxylic acids is 1. The molecule has 2 aliphatic heterocycles. The molecule has 2 aromatic rings. The quantitative estimate of drug-likeness (QED) is 0.536. The number of ether oxygens (including phenoxy) is 1. The third-order valence-corrected chi connectivity index (χ3v) is 8.81. The van der Waals surface area contributed by atoms with Crippen LogP contribution in [0, 0.1) is 20.8 Å². The van der Waals surface area contributed by atoms with Crippen molar-refractivity contribution in [3.8, 4) is 16.9 Å². The third-order valence-electron chi connectivity index (χ3n) is 8.53. The number of carboxylic acid groups (broad SMARTS) is 1. The van der Waals surface area contributed by atoms with Crippen molar-refractivity contribution in [1.29, 1.82) is 0 Å². The summed E-state index contributed by atoms with van der Waals surface area (Å²) in [7, 11) is 0. The van der Waals surface area contributed by atoms with Crippen molar-refractivity contribution >= 4 is 17.6 Å². The van der Waals surface area contributed by atoms with Crippen LogP contribution in [-0.2, 0) is 30.6 Å². The molecule has 1 saturated carbocycles. The van der Waals surface area contributed by atoms with Crippen LogP contribution >= 0.6 is 11.6 Å². The van der Waals surface area contributed by atoms with Crippen LogP contribution < -0.4 is 4.74 Å². The third kappa shape index (κ3) is 4.13. The summed E-state index contributed by atoms with van der Waals surface area (Å²) in [6.07, 6.45) is 9.61. The fourth-order valence-corrected chi connectivity index (χ4v) is 6.98. The van der Waals surface area contributed by atoms with E-state index in [0.29, 0.717) is 17.7 Å². The molecule has 0 atom stereocenters. The summed E-state index contributed by atoms with van der Waals surface area (Å²) in [6, 6.07) is 2.70. The van der Waals surface area contributed by atoms with Gasteiger partial charge in [0.2, 0.25) is 0 Å². The molecule has 0 amide bonds. The van der Waals surface area contributed by atoms with Gasteiger partial charge >= 0.3 is 5.97 Å². The van der Waals surface area contributed by atoms with Gasteiger partial charge in [-0.15, -0.1) is 0 Å². The molecule has 182 valence electrons. The van der Waals surface area contributed by atoms with Gasteiger partial charge in [0, 0.05) is 19.1 Å². The van der Waals surface area contributed by atoms with E-state index in [1.165, 1.54) is 59.9 Å². The van der Waals surface area contributed by atoms with Gasteiger partial charge in [0.25, 0.3) is 0 Å². The predicted octanol–water partition coefficient (Wildman–Crippen LogP) is 6.58. The fourth-order valence-electron chi connectivity index (χ4n) is 6.70. The van der Waals surface area contributed by atoms with Gasteiger partial charge in [-0.2, -0.15) is 0 Å². The number of nitrogens with zero attached hydrogens (tertiary/aromatic N) is 1. The van der Waals surface area contributed by atoms with Gasteiger partial charge in [-0.1, -0.05) is 30.9 Å². The summed E-state index contributed by atoms with van der Waals surface area (Å²) in [5.41, 5.74) is 10.6. The first-order chi connectivity index (χ1) is 16.4. The van der Waals surface area contributed by atoms with Gasteiger partial charge in [-0.05, 0) is 109 Å². The molecule has 5 rings (SSSR count). The van der Waals surface area contributed by atoms with Crippen LogP contribution in [0.4, 0.5) is 0 Å². The standard InChI is InChI=1S/C29H36ClNO3/c1-17-21-11-12-31(20-8-5-4-6-9-20)16-25(21)19(3)28(24(17)15-27(32)33)23-14-26(30)29-22(18(23)2)10-7-13-34-29/h14,20H,4-13,15-16H2,1-3H3,(H,32,33). The van der Waals surface area contributed by atoms with E-state index in [1.807, 2.05) is 6.07 Å². The zero-order valence-electron chi connectivity index (χ0n) is 20.7. The number of halogens is 1. The van der Waals surface area contributed by atoms with Crippen LogP contribution in [-0.4, -0.2) is 35.2 Å². The van der Waals surface area contributed by atoms with Gasteiger partial charge in [0.05, 0.1) is 18.1 Å². The largest absolute Gasteiger partial charge is 0.492 e. The maximum Gasteiger partial charge on any atom is 0.307 e. The van der Waals surface area contributed by atoms with Gasteiger partial charge < -0.3 is 9.84 Å². The van der Waals surface area contributed by atoms with Gasteiger partial charge in [-0.3, -0.25) is 9.69 Å². The van der Waals surface area contributed by atoms with Crippen LogP contribution in [0.5, 0.6) is 5.75 Å². The molecule has 0 bridgehead atoms. The lowest BCUT2D eigenvalue weighted by atomic mass is 9.79. The molecule has 3 aliphatic rings. The minimum Gasteiger partial charge on any atom is -0.492 e. The summed E-state index contributed by atoms with van der Waals surface area (Å²) in [5, 5.41) is 10.5. The van der Waals surface area contributed by atoms with E-state index in [-0.39, 0.29) is 6.42 Å². The summed E-state index contributed by atoms with van der Waals surface area (Å²) in [5.74, 6) is 0.0261. The summed E-state index contributed by atoms with van der Waals surface area (Å²) < 4.78 is 5.91. The van der Waals surface area contributed by atoms with E-state index in [2.05, 4.69) is 25.7 Å². The highest BCUT2D eigenvalue weighted by Gasteiger charge is 2.31. The lowest BCUT2D eigenvalue weighted by Crippen LogP contribution is -2.41. The van der Waals surface area contributed by atoms with Crippen molar-refractivity contribution in [3.63, 3.8) is 0 Å². The average Bonchev–Trinajstić information content (AvgIpc) is 2.85. The maximum absolute atomic E-state index is 12.0. The normalized spacial score (nSPS) is 18.8. The molecule has 2 heterocycles. The van der Waals surface area contributed by atoms with Crippen molar-refractivity contribution in [1.82, 2.24) is 4.90 Å². The van der Waals surface area contributed by atoms with Crippen LogP contribution in [0.3, 0.4) is 0 Å². The van der Waals surface area contributed by atoms with Gasteiger partial charge in [-0.25, -0.2) is 0 Å². The molecule has 34 heavy (non-hydrogen) atoms. The molecule has 1 fully saturated rings. The number of hydrogen-bond donors (Lipinski definition) is 1. The predicted molar refractivity (Wildman–Crippen MR) is 137 cm³/mol. The molecule has 0 aromatic heterocycles. The molecule has 4 nitrogen and oxygen atoms in total. The van der Waals surface area contributed by atoms with Crippen LogP contribution in [0.2, 0.25) is 5.02 Å². The molecular weight excluding hydrogens is 446 g/mol. The minimum absolute atomic E-state index is 0.0340. The van der Waals surface area contributed by atoms with E-state index in [9.17, 15) is 9.90 Å². The van der Waals surface area contributed by atoms with Crippen LogP contribution in [0.1, 0.15) is 77.5 Å². The monoisotopic (exact) mass is 481 g/mol. The smallest absolute Gasteiger partial charge is 0.307 e. The van der Waals surface area contributed by atoms with Crippen molar-refractivity contribution in [2.24, 2.45) is 0 Å². The molecule has 2 aromatic carbocycles. The summed E-state index contributed by atoms with van der Waals surface area (Å²) in [4.78, 5) is 14.7. The summed E-state index contributed by atoms with van der Waals surface area (Å²) >= 11 is 6.74. The van der Waals surface area contributed by atoms with Gasteiger partial charge in [0.15, 0.2) is 0 Å². The van der Waals surface area contributed by atoms with E-state index in [1.54, 1.807) is 0 Å². The summed E-state index contributed by atoms with van der Waals surface area (Å²) in [6.45, 7) is 9.22. The van der Waals surface area contributed by atoms with E-state index >= 15 is 0 Å².